The number of rotatable bonds is 1. The highest BCUT2D eigenvalue weighted by atomic mass is 16.7. The maximum Gasteiger partial charge on any atom is 0.337 e. The van der Waals surface area contributed by atoms with Gasteiger partial charge in [0.25, 0.3) is 0 Å². The number of aliphatic hydroxyl groups is 4. The second-order valence-corrected chi connectivity index (χ2v) is 2.94. The molecule has 1 fully saturated rings. The van der Waals surface area contributed by atoms with Crippen LogP contribution in [0.4, 0.5) is 0 Å². The summed E-state index contributed by atoms with van der Waals surface area (Å²) in [6.45, 7) is 0. The molecule has 7 heteroatoms. The Morgan fingerprint density at radius 1 is 1.14 bits per heavy atom. The van der Waals surface area contributed by atoms with Crippen molar-refractivity contribution < 1.29 is 34.7 Å². The first-order chi connectivity index (χ1) is 6.49. The minimum atomic E-state index is -1.72. The number of methoxy groups -OCH3 is 1. The van der Waals surface area contributed by atoms with E-state index in [9.17, 15) is 15.0 Å². The molecule has 0 aromatic heterocycles. The summed E-state index contributed by atoms with van der Waals surface area (Å²) in [5.74, 6) is -0.928. The maximum atomic E-state index is 11.0. The van der Waals surface area contributed by atoms with Crippen LogP contribution in [0.5, 0.6) is 0 Å². The van der Waals surface area contributed by atoms with Gasteiger partial charge in [0, 0.05) is 0 Å². The molecule has 0 unspecified atom stereocenters. The number of carbonyl (C=O) groups is 1. The molecule has 0 aromatic carbocycles. The van der Waals surface area contributed by atoms with E-state index in [-0.39, 0.29) is 0 Å². The molecule has 14 heavy (non-hydrogen) atoms. The van der Waals surface area contributed by atoms with Gasteiger partial charge in [-0.1, -0.05) is 0 Å². The van der Waals surface area contributed by atoms with Crippen LogP contribution in [-0.4, -0.2) is 64.2 Å². The molecule has 0 saturated carbocycles. The summed E-state index contributed by atoms with van der Waals surface area (Å²) in [5, 5.41) is 36.5. The van der Waals surface area contributed by atoms with Crippen LogP contribution in [0.3, 0.4) is 0 Å². The van der Waals surface area contributed by atoms with Crippen molar-refractivity contribution in [1.82, 2.24) is 0 Å². The molecule has 1 rings (SSSR count). The Labute approximate surface area is 79.5 Å². The van der Waals surface area contributed by atoms with E-state index in [1.54, 1.807) is 0 Å². The predicted octanol–water partition coefficient (Wildman–Crippen LogP) is -3.04. The zero-order chi connectivity index (χ0) is 10.9. The van der Waals surface area contributed by atoms with E-state index >= 15 is 0 Å². The number of esters is 1. The van der Waals surface area contributed by atoms with Gasteiger partial charge in [-0.15, -0.1) is 0 Å². The standard InChI is InChI=1S/C7H12O7/c1-13-7(12)5-3(9)2(8)4(10)6(11)14-5/h2-6,8-11H,1H3/t2-,3+,4-,5+,6-/m1/s1. The molecule has 1 heterocycles. The van der Waals surface area contributed by atoms with E-state index < -0.39 is 36.7 Å². The van der Waals surface area contributed by atoms with Gasteiger partial charge in [-0.25, -0.2) is 4.79 Å². The van der Waals surface area contributed by atoms with Crippen LogP contribution in [0.25, 0.3) is 0 Å². The summed E-state index contributed by atoms with van der Waals surface area (Å²) in [7, 11) is 1.07. The third kappa shape index (κ3) is 1.86. The Kier molecular flexibility index (Phi) is 3.40. The molecular weight excluding hydrogens is 196 g/mol. The van der Waals surface area contributed by atoms with Crippen LogP contribution in [0.2, 0.25) is 0 Å². The van der Waals surface area contributed by atoms with Gasteiger partial charge in [-0.2, -0.15) is 0 Å². The van der Waals surface area contributed by atoms with Gasteiger partial charge in [0.2, 0.25) is 0 Å². The van der Waals surface area contributed by atoms with Gasteiger partial charge < -0.3 is 29.9 Å². The number of carbonyl (C=O) groups excluding carboxylic acids is 1. The van der Waals surface area contributed by atoms with Crippen LogP contribution < -0.4 is 0 Å². The largest absolute Gasteiger partial charge is 0.467 e. The van der Waals surface area contributed by atoms with E-state index in [2.05, 4.69) is 9.47 Å². The average molecular weight is 208 g/mol. The fourth-order valence-electron chi connectivity index (χ4n) is 1.17. The fourth-order valence-corrected chi connectivity index (χ4v) is 1.17. The summed E-state index contributed by atoms with van der Waals surface area (Å²) in [6.07, 6.45) is -8.14. The van der Waals surface area contributed by atoms with Crippen LogP contribution >= 0.6 is 0 Å². The Balaban J connectivity index is 2.75. The van der Waals surface area contributed by atoms with Gasteiger partial charge in [0.15, 0.2) is 12.4 Å². The van der Waals surface area contributed by atoms with E-state index in [0.717, 1.165) is 7.11 Å². The van der Waals surface area contributed by atoms with Crippen LogP contribution in [-0.2, 0) is 14.3 Å². The molecule has 1 aliphatic rings. The van der Waals surface area contributed by atoms with Crippen molar-refractivity contribution in [2.45, 2.75) is 30.7 Å². The molecule has 0 aliphatic carbocycles. The number of aliphatic hydroxyl groups excluding tert-OH is 4. The van der Waals surface area contributed by atoms with Crippen molar-refractivity contribution in [3.8, 4) is 0 Å². The minimum Gasteiger partial charge on any atom is -0.467 e. The molecule has 82 valence electrons. The maximum absolute atomic E-state index is 11.0. The molecule has 0 bridgehead atoms. The average Bonchev–Trinajstić information content (AvgIpc) is 2.19. The minimum absolute atomic E-state index is 0.928. The van der Waals surface area contributed by atoms with Crippen LogP contribution in [0.1, 0.15) is 0 Å². The third-order valence-electron chi connectivity index (χ3n) is 2.02. The smallest absolute Gasteiger partial charge is 0.337 e. The molecule has 5 atom stereocenters. The highest BCUT2D eigenvalue weighted by Crippen LogP contribution is 2.20. The highest BCUT2D eigenvalue weighted by molar-refractivity contribution is 5.75. The molecular formula is C7H12O7. The first-order valence-electron chi connectivity index (χ1n) is 3.94. The Bertz CT molecular complexity index is 218. The van der Waals surface area contributed by atoms with Crippen molar-refractivity contribution in [1.29, 1.82) is 0 Å². The second kappa shape index (κ2) is 4.20. The van der Waals surface area contributed by atoms with Gasteiger partial charge in [0.05, 0.1) is 7.11 Å². The Hall–Kier alpha value is -0.730. The second-order valence-electron chi connectivity index (χ2n) is 2.94. The number of hydrogen-bond donors (Lipinski definition) is 4. The first kappa shape index (κ1) is 11.3. The third-order valence-corrected chi connectivity index (χ3v) is 2.02. The van der Waals surface area contributed by atoms with Crippen molar-refractivity contribution in [2.24, 2.45) is 0 Å². The molecule has 1 aliphatic heterocycles. The summed E-state index contributed by atoms with van der Waals surface area (Å²) < 4.78 is 8.82. The zero-order valence-corrected chi connectivity index (χ0v) is 7.40. The zero-order valence-electron chi connectivity index (χ0n) is 7.40. The molecule has 1 saturated heterocycles. The predicted molar refractivity (Wildman–Crippen MR) is 40.9 cm³/mol. The number of hydrogen-bond acceptors (Lipinski definition) is 7. The van der Waals surface area contributed by atoms with Crippen molar-refractivity contribution in [3.05, 3.63) is 0 Å². The molecule has 7 nitrogen and oxygen atoms in total. The van der Waals surface area contributed by atoms with E-state index in [4.69, 9.17) is 10.2 Å². The topological polar surface area (TPSA) is 116 Å². The normalized spacial score (nSPS) is 43.4. The van der Waals surface area contributed by atoms with Crippen molar-refractivity contribution in [3.63, 3.8) is 0 Å². The lowest BCUT2D eigenvalue weighted by molar-refractivity contribution is -0.280. The van der Waals surface area contributed by atoms with Gasteiger partial charge in [-0.3, -0.25) is 0 Å². The highest BCUT2D eigenvalue weighted by Gasteiger charge is 2.46. The van der Waals surface area contributed by atoms with E-state index in [0.29, 0.717) is 0 Å². The molecule has 4 N–H and O–H groups in total. The lowest BCUT2D eigenvalue weighted by Gasteiger charge is -2.36. The quantitative estimate of drug-likeness (QED) is 0.338. The summed E-state index contributed by atoms with van der Waals surface area (Å²) >= 11 is 0. The fraction of sp³-hybridized carbons (Fsp3) is 0.857. The van der Waals surface area contributed by atoms with E-state index in [1.165, 1.54) is 0 Å². The van der Waals surface area contributed by atoms with Gasteiger partial charge >= 0.3 is 5.97 Å². The van der Waals surface area contributed by atoms with E-state index in [1.807, 2.05) is 0 Å². The molecule has 0 amide bonds. The van der Waals surface area contributed by atoms with Gasteiger partial charge in [-0.05, 0) is 0 Å². The van der Waals surface area contributed by atoms with Crippen molar-refractivity contribution in [2.75, 3.05) is 7.11 Å². The monoisotopic (exact) mass is 208 g/mol. The summed E-state index contributed by atoms with van der Waals surface area (Å²) in [5.41, 5.74) is 0. The number of ether oxygens (including phenoxy) is 2. The summed E-state index contributed by atoms with van der Waals surface area (Å²) in [6, 6.07) is 0. The van der Waals surface area contributed by atoms with Gasteiger partial charge in [0.1, 0.15) is 18.3 Å². The molecule has 0 aromatic rings. The van der Waals surface area contributed by atoms with Crippen LogP contribution in [0.15, 0.2) is 0 Å². The molecule has 0 radical (unpaired) electrons. The van der Waals surface area contributed by atoms with Crippen LogP contribution in [0, 0.1) is 0 Å². The summed E-state index contributed by atoms with van der Waals surface area (Å²) in [4.78, 5) is 11.0. The Morgan fingerprint density at radius 3 is 2.21 bits per heavy atom. The first-order valence-corrected chi connectivity index (χ1v) is 3.94. The SMILES string of the molecule is COC(=O)[C@H]1O[C@@H](O)[C@H](O)[C@H](O)[C@@H]1O. The van der Waals surface area contributed by atoms with Crippen molar-refractivity contribution >= 4 is 5.97 Å². The Morgan fingerprint density at radius 2 is 1.71 bits per heavy atom. The lowest BCUT2D eigenvalue weighted by Crippen LogP contribution is -2.59. The molecule has 0 spiro atoms. The lowest BCUT2D eigenvalue weighted by atomic mass is 9.99.